The number of hydrogen-bond donors (Lipinski definition) is 1. The van der Waals surface area contributed by atoms with Crippen LogP contribution in [0.5, 0.6) is 0 Å². The molecule has 2 nitrogen and oxygen atoms in total. The summed E-state index contributed by atoms with van der Waals surface area (Å²) in [5.41, 5.74) is 1.04. The fourth-order valence-electron chi connectivity index (χ4n) is 2.56. The SMILES string of the molecule is CCNC(Cc1cccc(F)c1Br)C(C)(CC)N(C)C. The van der Waals surface area contributed by atoms with E-state index in [4.69, 9.17) is 0 Å². The summed E-state index contributed by atoms with van der Waals surface area (Å²) >= 11 is 3.37. The van der Waals surface area contributed by atoms with Crippen molar-refractivity contribution >= 4 is 15.9 Å². The van der Waals surface area contributed by atoms with E-state index in [1.54, 1.807) is 6.07 Å². The predicted octanol–water partition coefficient (Wildman–Crippen LogP) is 3.84. The van der Waals surface area contributed by atoms with Crippen molar-refractivity contribution in [3.63, 3.8) is 0 Å². The number of nitrogens with one attached hydrogen (secondary N) is 1. The number of halogens is 2. The fraction of sp³-hybridized carbons (Fsp3) is 0.625. The first-order chi connectivity index (χ1) is 9.36. The lowest BCUT2D eigenvalue weighted by Crippen LogP contribution is -2.57. The number of rotatable bonds is 7. The standard InChI is InChI=1S/C16H26BrFN2/c1-6-16(3,20(4)5)14(19-7-2)11-12-9-8-10-13(18)15(12)17/h8-10,14,19H,6-7,11H2,1-5H3. The van der Waals surface area contributed by atoms with Crippen molar-refractivity contribution in [2.24, 2.45) is 0 Å². The summed E-state index contributed by atoms with van der Waals surface area (Å²) in [5.74, 6) is -0.194. The average molecular weight is 345 g/mol. The van der Waals surface area contributed by atoms with Crippen LogP contribution in [0.15, 0.2) is 22.7 Å². The normalized spacial score (nSPS) is 16.2. The summed E-state index contributed by atoms with van der Waals surface area (Å²) < 4.78 is 14.3. The Kier molecular flexibility index (Phi) is 6.62. The molecule has 1 N–H and O–H groups in total. The number of hydrogen-bond acceptors (Lipinski definition) is 2. The molecule has 0 saturated carbocycles. The van der Waals surface area contributed by atoms with Crippen molar-refractivity contribution in [3.05, 3.63) is 34.1 Å². The molecule has 114 valence electrons. The summed E-state index contributed by atoms with van der Waals surface area (Å²) in [6, 6.07) is 5.52. The third-order valence-corrected chi connectivity index (χ3v) is 5.28. The first-order valence-electron chi connectivity index (χ1n) is 7.20. The Labute approximate surface area is 130 Å². The van der Waals surface area contributed by atoms with E-state index in [9.17, 15) is 4.39 Å². The highest BCUT2D eigenvalue weighted by Crippen LogP contribution is 2.27. The summed E-state index contributed by atoms with van der Waals surface area (Å²) in [5, 5.41) is 3.57. The zero-order valence-electron chi connectivity index (χ0n) is 13.1. The van der Waals surface area contributed by atoms with Crippen LogP contribution in [0, 0.1) is 5.82 Å². The van der Waals surface area contributed by atoms with E-state index in [1.807, 2.05) is 6.07 Å². The highest BCUT2D eigenvalue weighted by Gasteiger charge is 2.34. The van der Waals surface area contributed by atoms with E-state index >= 15 is 0 Å². The second-order valence-electron chi connectivity index (χ2n) is 5.63. The zero-order valence-corrected chi connectivity index (χ0v) is 14.7. The molecule has 2 unspecified atom stereocenters. The summed E-state index contributed by atoms with van der Waals surface area (Å²) in [6.07, 6.45) is 1.83. The van der Waals surface area contributed by atoms with Crippen molar-refractivity contribution in [2.45, 2.75) is 45.2 Å². The monoisotopic (exact) mass is 344 g/mol. The molecule has 0 fully saturated rings. The highest BCUT2D eigenvalue weighted by atomic mass is 79.9. The van der Waals surface area contributed by atoms with Crippen molar-refractivity contribution in [2.75, 3.05) is 20.6 Å². The molecule has 0 bridgehead atoms. The van der Waals surface area contributed by atoms with Gasteiger partial charge in [0.15, 0.2) is 0 Å². The van der Waals surface area contributed by atoms with Crippen LogP contribution in [0.2, 0.25) is 0 Å². The maximum absolute atomic E-state index is 13.7. The minimum Gasteiger partial charge on any atom is -0.312 e. The molecule has 4 heteroatoms. The van der Waals surface area contributed by atoms with E-state index < -0.39 is 0 Å². The Hall–Kier alpha value is -0.450. The Morgan fingerprint density at radius 2 is 2.00 bits per heavy atom. The van der Waals surface area contributed by atoms with Crippen molar-refractivity contribution < 1.29 is 4.39 Å². The van der Waals surface area contributed by atoms with Gasteiger partial charge in [-0.25, -0.2) is 4.39 Å². The molecular formula is C16H26BrFN2. The van der Waals surface area contributed by atoms with Crippen LogP contribution >= 0.6 is 15.9 Å². The predicted molar refractivity (Wildman–Crippen MR) is 87.7 cm³/mol. The Morgan fingerprint density at radius 1 is 1.35 bits per heavy atom. The zero-order chi connectivity index (χ0) is 15.3. The van der Waals surface area contributed by atoms with E-state index in [0.717, 1.165) is 24.9 Å². The van der Waals surface area contributed by atoms with Gasteiger partial charge in [-0.1, -0.05) is 26.0 Å². The van der Waals surface area contributed by atoms with E-state index in [-0.39, 0.29) is 17.4 Å². The molecule has 1 aromatic rings. The van der Waals surface area contributed by atoms with Gasteiger partial charge in [-0.15, -0.1) is 0 Å². The maximum atomic E-state index is 13.7. The van der Waals surface area contributed by atoms with Crippen LogP contribution in [-0.2, 0) is 6.42 Å². The largest absolute Gasteiger partial charge is 0.312 e. The second-order valence-corrected chi connectivity index (χ2v) is 6.43. The molecule has 0 radical (unpaired) electrons. The molecular weight excluding hydrogens is 319 g/mol. The fourth-order valence-corrected chi connectivity index (χ4v) is 2.98. The number of likely N-dealkylation sites (N-methyl/N-ethyl adjacent to an activating group) is 2. The lowest BCUT2D eigenvalue weighted by molar-refractivity contribution is 0.113. The summed E-state index contributed by atoms with van der Waals surface area (Å²) in [6.45, 7) is 7.47. The Balaban J connectivity index is 3.06. The number of nitrogens with zero attached hydrogens (tertiary/aromatic N) is 1. The van der Waals surface area contributed by atoms with Gasteiger partial charge in [-0.3, -0.25) is 0 Å². The molecule has 0 aliphatic carbocycles. The van der Waals surface area contributed by atoms with Crippen LogP contribution in [-0.4, -0.2) is 37.1 Å². The van der Waals surface area contributed by atoms with Crippen molar-refractivity contribution in [3.8, 4) is 0 Å². The third kappa shape index (κ3) is 3.80. The van der Waals surface area contributed by atoms with E-state index in [2.05, 4.69) is 61.0 Å². The molecule has 1 rings (SSSR count). The van der Waals surface area contributed by atoms with Gasteiger partial charge in [0.05, 0.1) is 4.47 Å². The lowest BCUT2D eigenvalue weighted by atomic mass is 9.84. The molecule has 0 amide bonds. The molecule has 2 atom stereocenters. The van der Waals surface area contributed by atoms with Gasteiger partial charge in [0.2, 0.25) is 0 Å². The van der Waals surface area contributed by atoms with Crippen LogP contribution in [0.3, 0.4) is 0 Å². The van der Waals surface area contributed by atoms with Crippen molar-refractivity contribution in [1.29, 1.82) is 0 Å². The van der Waals surface area contributed by atoms with Gasteiger partial charge < -0.3 is 10.2 Å². The van der Waals surface area contributed by atoms with Crippen LogP contribution in [0.1, 0.15) is 32.8 Å². The molecule has 0 aliphatic rings. The van der Waals surface area contributed by atoms with Gasteiger partial charge in [0, 0.05) is 11.6 Å². The quantitative estimate of drug-likeness (QED) is 0.808. The van der Waals surface area contributed by atoms with Gasteiger partial charge >= 0.3 is 0 Å². The van der Waals surface area contributed by atoms with Gasteiger partial charge in [0.1, 0.15) is 5.82 Å². The van der Waals surface area contributed by atoms with Crippen LogP contribution < -0.4 is 5.32 Å². The van der Waals surface area contributed by atoms with Crippen molar-refractivity contribution in [1.82, 2.24) is 10.2 Å². The van der Waals surface area contributed by atoms with Crippen LogP contribution in [0.4, 0.5) is 4.39 Å². The minimum atomic E-state index is -0.194. The topological polar surface area (TPSA) is 15.3 Å². The van der Waals surface area contributed by atoms with E-state index in [0.29, 0.717) is 4.47 Å². The van der Waals surface area contributed by atoms with Crippen LogP contribution in [0.25, 0.3) is 0 Å². The molecule has 0 saturated heterocycles. The minimum absolute atomic E-state index is 0.0295. The molecule has 0 spiro atoms. The van der Waals surface area contributed by atoms with E-state index in [1.165, 1.54) is 6.07 Å². The molecule has 20 heavy (non-hydrogen) atoms. The smallest absolute Gasteiger partial charge is 0.137 e. The summed E-state index contributed by atoms with van der Waals surface area (Å²) in [4.78, 5) is 2.26. The second kappa shape index (κ2) is 7.53. The molecule has 0 aliphatic heterocycles. The Morgan fingerprint density at radius 3 is 2.50 bits per heavy atom. The number of benzene rings is 1. The molecule has 0 heterocycles. The Bertz CT molecular complexity index is 436. The molecule has 1 aromatic carbocycles. The summed E-state index contributed by atoms with van der Waals surface area (Å²) in [7, 11) is 4.21. The molecule has 0 aromatic heterocycles. The third-order valence-electron chi connectivity index (χ3n) is 4.39. The first kappa shape index (κ1) is 17.6. The maximum Gasteiger partial charge on any atom is 0.137 e. The van der Waals surface area contributed by atoms with Gasteiger partial charge in [0.25, 0.3) is 0 Å². The lowest BCUT2D eigenvalue weighted by Gasteiger charge is -2.43. The average Bonchev–Trinajstić information content (AvgIpc) is 2.42. The first-order valence-corrected chi connectivity index (χ1v) is 7.99. The highest BCUT2D eigenvalue weighted by molar-refractivity contribution is 9.10. The van der Waals surface area contributed by atoms with Gasteiger partial charge in [-0.2, -0.15) is 0 Å². The van der Waals surface area contributed by atoms with Gasteiger partial charge in [-0.05, 0) is 68.0 Å².